The Bertz CT molecular complexity index is 508. The van der Waals surface area contributed by atoms with Crippen LogP contribution < -0.4 is 10.6 Å². The van der Waals surface area contributed by atoms with E-state index in [1.54, 1.807) is 0 Å². The van der Waals surface area contributed by atoms with E-state index >= 15 is 0 Å². The highest BCUT2D eigenvalue weighted by Gasteiger charge is 2.47. The molecule has 2 saturated carbocycles. The molecule has 20 heavy (non-hydrogen) atoms. The number of nitrogens with one attached hydrogen (secondary N) is 2. The molecule has 0 heterocycles. The molecule has 5 heteroatoms. The predicted octanol–water partition coefficient (Wildman–Crippen LogP) is 2.98. The number of anilines is 1. The highest BCUT2D eigenvalue weighted by atomic mass is 79.9. The van der Waals surface area contributed by atoms with E-state index in [1.165, 1.54) is 12.8 Å². The van der Waals surface area contributed by atoms with Crippen molar-refractivity contribution in [1.29, 1.82) is 0 Å². The first-order chi connectivity index (χ1) is 9.69. The lowest BCUT2D eigenvalue weighted by Crippen LogP contribution is -2.46. The van der Waals surface area contributed by atoms with Crippen molar-refractivity contribution < 1.29 is 9.90 Å². The molecule has 0 saturated heterocycles. The van der Waals surface area contributed by atoms with E-state index in [2.05, 4.69) is 26.6 Å². The van der Waals surface area contributed by atoms with Crippen molar-refractivity contribution in [2.45, 2.75) is 25.3 Å². The van der Waals surface area contributed by atoms with Crippen LogP contribution in [0.25, 0.3) is 0 Å². The SMILES string of the molecule is O=C(Nc1ccccc1Br)NC1C2CCC(C2)C1CO. The first-order valence-corrected chi connectivity index (χ1v) is 7.91. The number of aliphatic hydroxyl groups excluding tert-OH is 1. The summed E-state index contributed by atoms with van der Waals surface area (Å²) in [6.07, 6.45) is 3.51. The molecule has 1 aromatic rings. The number of fused-ring (bicyclic) bond motifs is 2. The number of carbonyl (C=O) groups excluding carboxylic acids is 1. The first-order valence-electron chi connectivity index (χ1n) is 7.12. The molecule has 0 spiro atoms. The van der Waals surface area contributed by atoms with Gasteiger partial charge in [-0.3, -0.25) is 0 Å². The van der Waals surface area contributed by atoms with Gasteiger partial charge in [-0.15, -0.1) is 0 Å². The second kappa shape index (κ2) is 5.74. The van der Waals surface area contributed by atoms with Crippen LogP contribution in [0, 0.1) is 17.8 Å². The third-order valence-electron chi connectivity index (χ3n) is 4.72. The molecule has 4 nitrogen and oxygen atoms in total. The molecule has 2 fully saturated rings. The predicted molar refractivity (Wildman–Crippen MR) is 81.5 cm³/mol. The Morgan fingerprint density at radius 1 is 1.30 bits per heavy atom. The summed E-state index contributed by atoms with van der Waals surface area (Å²) in [5.74, 6) is 1.33. The monoisotopic (exact) mass is 338 g/mol. The van der Waals surface area contributed by atoms with E-state index in [1.807, 2.05) is 24.3 Å². The molecule has 0 radical (unpaired) electrons. The third-order valence-corrected chi connectivity index (χ3v) is 5.41. The van der Waals surface area contributed by atoms with Crippen LogP contribution in [0.3, 0.4) is 0 Å². The van der Waals surface area contributed by atoms with Gasteiger partial charge >= 0.3 is 6.03 Å². The van der Waals surface area contributed by atoms with Gasteiger partial charge in [0.1, 0.15) is 0 Å². The van der Waals surface area contributed by atoms with E-state index in [4.69, 9.17) is 0 Å². The molecule has 3 rings (SSSR count). The maximum atomic E-state index is 12.1. The molecule has 1 aromatic carbocycles. The molecule has 108 valence electrons. The van der Waals surface area contributed by atoms with E-state index in [-0.39, 0.29) is 24.6 Å². The lowest BCUT2D eigenvalue weighted by atomic mass is 9.85. The number of halogens is 1. The van der Waals surface area contributed by atoms with Crippen LogP contribution in [-0.4, -0.2) is 23.8 Å². The van der Waals surface area contributed by atoms with Gasteiger partial charge in [0, 0.05) is 23.0 Å². The fourth-order valence-electron chi connectivity index (χ4n) is 3.77. The van der Waals surface area contributed by atoms with Crippen molar-refractivity contribution in [3.05, 3.63) is 28.7 Å². The van der Waals surface area contributed by atoms with Crippen molar-refractivity contribution in [3.63, 3.8) is 0 Å². The minimum atomic E-state index is -0.187. The number of urea groups is 1. The minimum absolute atomic E-state index is 0.112. The largest absolute Gasteiger partial charge is 0.396 e. The quantitative estimate of drug-likeness (QED) is 0.793. The summed E-state index contributed by atoms with van der Waals surface area (Å²) in [6.45, 7) is 0.168. The molecule has 2 aliphatic rings. The zero-order valence-electron chi connectivity index (χ0n) is 11.2. The number of carbonyl (C=O) groups is 1. The Kier molecular flexibility index (Phi) is 3.98. The highest BCUT2D eigenvalue weighted by Crippen LogP contribution is 2.48. The zero-order valence-corrected chi connectivity index (χ0v) is 12.8. The molecule has 4 unspecified atom stereocenters. The Morgan fingerprint density at radius 3 is 2.80 bits per heavy atom. The summed E-state index contributed by atoms with van der Waals surface area (Å²) < 4.78 is 0.863. The van der Waals surface area contributed by atoms with Gasteiger partial charge in [-0.1, -0.05) is 12.1 Å². The fourth-order valence-corrected chi connectivity index (χ4v) is 4.15. The molecular weight excluding hydrogens is 320 g/mol. The van der Waals surface area contributed by atoms with Gasteiger partial charge < -0.3 is 15.7 Å². The normalized spacial score (nSPS) is 31.3. The number of benzene rings is 1. The summed E-state index contributed by atoms with van der Waals surface area (Å²) in [7, 11) is 0. The van der Waals surface area contributed by atoms with E-state index < -0.39 is 0 Å². The summed E-state index contributed by atoms with van der Waals surface area (Å²) in [5, 5.41) is 15.4. The van der Waals surface area contributed by atoms with Gasteiger partial charge in [0.25, 0.3) is 0 Å². The second-order valence-corrected chi connectivity index (χ2v) is 6.64. The minimum Gasteiger partial charge on any atom is -0.396 e. The van der Waals surface area contributed by atoms with Crippen molar-refractivity contribution in [2.24, 2.45) is 17.8 Å². The van der Waals surface area contributed by atoms with Gasteiger partial charge in [-0.2, -0.15) is 0 Å². The fraction of sp³-hybridized carbons (Fsp3) is 0.533. The van der Waals surface area contributed by atoms with Gasteiger partial charge in [0.05, 0.1) is 5.69 Å². The molecule has 0 aliphatic heterocycles. The van der Waals surface area contributed by atoms with E-state index in [0.717, 1.165) is 16.6 Å². The van der Waals surface area contributed by atoms with Crippen molar-refractivity contribution >= 4 is 27.6 Å². The Morgan fingerprint density at radius 2 is 2.05 bits per heavy atom. The van der Waals surface area contributed by atoms with E-state index in [9.17, 15) is 9.90 Å². The van der Waals surface area contributed by atoms with Crippen molar-refractivity contribution in [2.75, 3.05) is 11.9 Å². The standard InChI is InChI=1S/C15H19BrN2O2/c16-12-3-1-2-4-13(12)17-15(20)18-14-10-6-5-9(7-10)11(14)8-19/h1-4,9-11,14,19H,5-8H2,(H2,17,18,20). The van der Waals surface area contributed by atoms with Crippen molar-refractivity contribution in [1.82, 2.24) is 5.32 Å². The lowest BCUT2D eigenvalue weighted by molar-refractivity contribution is 0.146. The lowest BCUT2D eigenvalue weighted by Gasteiger charge is -2.30. The highest BCUT2D eigenvalue weighted by molar-refractivity contribution is 9.10. The molecule has 4 atom stereocenters. The van der Waals surface area contributed by atoms with Crippen molar-refractivity contribution in [3.8, 4) is 0 Å². The molecule has 2 aliphatic carbocycles. The Hall–Kier alpha value is -1.07. The molecule has 0 aromatic heterocycles. The van der Waals surface area contributed by atoms with Gasteiger partial charge in [0.2, 0.25) is 0 Å². The first kappa shape index (κ1) is 13.9. The smallest absolute Gasteiger partial charge is 0.319 e. The summed E-state index contributed by atoms with van der Waals surface area (Å²) in [5.41, 5.74) is 0.758. The van der Waals surface area contributed by atoms with Gasteiger partial charge in [-0.25, -0.2) is 4.79 Å². The number of rotatable bonds is 3. The van der Waals surface area contributed by atoms with Crippen LogP contribution >= 0.6 is 15.9 Å². The van der Waals surface area contributed by atoms with Crippen LogP contribution in [0.15, 0.2) is 28.7 Å². The maximum absolute atomic E-state index is 12.1. The van der Waals surface area contributed by atoms with Crippen LogP contribution in [-0.2, 0) is 0 Å². The van der Waals surface area contributed by atoms with Crippen LogP contribution in [0.1, 0.15) is 19.3 Å². The number of hydrogen-bond acceptors (Lipinski definition) is 2. The maximum Gasteiger partial charge on any atom is 0.319 e. The average Bonchev–Trinajstić information content (AvgIpc) is 3.02. The number of amides is 2. The molecule has 2 amide bonds. The average molecular weight is 339 g/mol. The topological polar surface area (TPSA) is 61.4 Å². The third kappa shape index (κ3) is 2.56. The number of aliphatic hydroxyl groups is 1. The Balaban J connectivity index is 1.63. The zero-order chi connectivity index (χ0) is 14.1. The van der Waals surface area contributed by atoms with E-state index in [0.29, 0.717) is 11.8 Å². The van der Waals surface area contributed by atoms with Crippen LogP contribution in [0.2, 0.25) is 0 Å². The number of hydrogen-bond donors (Lipinski definition) is 3. The second-order valence-electron chi connectivity index (χ2n) is 5.78. The van der Waals surface area contributed by atoms with Gasteiger partial charge in [-0.05, 0) is 59.2 Å². The molecule has 3 N–H and O–H groups in total. The van der Waals surface area contributed by atoms with Gasteiger partial charge in [0.15, 0.2) is 0 Å². The summed E-state index contributed by atoms with van der Waals surface area (Å²) in [6, 6.07) is 7.46. The van der Waals surface area contributed by atoms with Crippen LogP contribution in [0.5, 0.6) is 0 Å². The summed E-state index contributed by atoms with van der Waals surface area (Å²) in [4.78, 5) is 12.1. The number of para-hydroxylation sites is 1. The Labute approximate surface area is 127 Å². The molecular formula is C15H19BrN2O2. The summed E-state index contributed by atoms with van der Waals surface area (Å²) >= 11 is 3.41. The molecule has 2 bridgehead atoms. The van der Waals surface area contributed by atoms with Crippen LogP contribution in [0.4, 0.5) is 10.5 Å².